The average Bonchev–Trinajstić information content (AvgIpc) is 3.39. The number of amides is 1. The third-order valence-electron chi connectivity index (χ3n) is 8.44. The molecule has 0 atom stereocenters. The number of ether oxygens (including phenoxy) is 2. The highest BCUT2D eigenvalue weighted by atomic mass is 19.1. The summed E-state index contributed by atoms with van der Waals surface area (Å²) in [5.41, 5.74) is 3.78. The zero-order valence-electron chi connectivity index (χ0n) is 26.0. The van der Waals surface area contributed by atoms with Gasteiger partial charge in [0, 0.05) is 68.3 Å². The van der Waals surface area contributed by atoms with Crippen LogP contribution in [-0.4, -0.2) is 85.8 Å². The fourth-order valence-corrected chi connectivity index (χ4v) is 5.99. The topological polar surface area (TPSA) is 101 Å². The molecule has 0 aliphatic carbocycles. The summed E-state index contributed by atoms with van der Waals surface area (Å²) in [6.07, 6.45) is 1.19. The molecule has 3 aromatic carbocycles. The smallest absolute Gasteiger partial charge is 0.435 e. The molecule has 6 rings (SSSR count). The van der Waals surface area contributed by atoms with Crippen molar-refractivity contribution < 1.29 is 27.8 Å². The van der Waals surface area contributed by atoms with Crippen LogP contribution in [0.2, 0.25) is 0 Å². The summed E-state index contributed by atoms with van der Waals surface area (Å²) in [6, 6.07) is 14.5. The van der Waals surface area contributed by atoms with E-state index in [9.17, 15) is 18.4 Å². The van der Waals surface area contributed by atoms with Gasteiger partial charge in [0.15, 0.2) is 5.82 Å². The zero-order chi connectivity index (χ0) is 32.2. The van der Waals surface area contributed by atoms with Crippen LogP contribution in [0, 0.1) is 11.6 Å². The van der Waals surface area contributed by atoms with Gasteiger partial charge in [-0.25, -0.2) is 13.6 Å². The number of halogens is 2. The molecule has 2 fully saturated rings. The minimum Gasteiger partial charge on any atom is -0.448 e. The Kier molecular flexibility index (Phi) is 9.46. The molecular weight excluding hydrogens is 594 g/mol. The van der Waals surface area contributed by atoms with Crippen molar-refractivity contribution in [2.45, 2.75) is 32.2 Å². The van der Waals surface area contributed by atoms with Gasteiger partial charge in [-0.1, -0.05) is 6.07 Å². The first-order chi connectivity index (χ1) is 22.3. The van der Waals surface area contributed by atoms with E-state index in [1.54, 1.807) is 25.1 Å². The van der Waals surface area contributed by atoms with E-state index in [0.717, 1.165) is 61.0 Å². The van der Waals surface area contributed by atoms with E-state index in [4.69, 9.17) is 9.47 Å². The highest BCUT2D eigenvalue weighted by Gasteiger charge is 2.24. The number of anilines is 3. The maximum Gasteiger partial charge on any atom is 0.435 e. The molecule has 3 heterocycles. The fourth-order valence-electron chi connectivity index (χ4n) is 5.99. The van der Waals surface area contributed by atoms with Gasteiger partial charge < -0.3 is 29.9 Å². The first kappa shape index (κ1) is 31.4. The molecule has 0 saturated carbocycles. The van der Waals surface area contributed by atoms with E-state index in [0.29, 0.717) is 40.9 Å². The second kappa shape index (κ2) is 13.8. The zero-order valence-corrected chi connectivity index (χ0v) is 26.0. The molecule has 46 heavy (non-hydrogen) atoms. The maximum atomic E-state index is 14.0. The Bertz CT molecular complexity index is 1710. The predicted molar refractivity (Wildman–Crippen MR) is 173 cm³/mol. The summed E-state index contributed by atoms with van der Waals surface area (Å²) in [4.78, 5) is 31.4. The van der Waals surface area contributed by atoms with Crippen LogP contribution in [0.3, 0.4) is 0 Å². The Balaban J connectivity index is 1.33. The number of nitrogens with zero attached hydrogens (tertiary/aromatic N) is 4. The number of hydrogen-bond acceptors (Lipinski definition) is 8. The first-order valence-electron chi connectivity index (χ1n) is 15.6. The van der Waals surface area contributed by atoms with Crippen LogP contribution >= 0.6 is 0 Å². The van der Waals surface area contributed by atoms with Gasteiger partial charge in [0.2, 0.25) is 0 Å². The van der Waals surface area contributed by atoms with Gasteiger partial charge in [-0.2, -0.15) is 4.68 Å². The second-order valence-corrected chi connectivity index (χ2v) is 11.8. The van der Waals surface area contributed by atoms with E-state index in [1.165, 1.54) is 12.1 Å². The van der Waals surface area contributed by atoms with E-state index in [-0.39, 0.29) is 24.9 Å². The molecule has 12 heteroatoms. The van der Waals surface area contributed by atoms with Crippen LogP contribution in [0.4, 0.5) is 30.8 Å². The molecule has 2 aliphatic rings. The number of carbonyl (C=O) groups is 2. The molecule has 0 radical (unpaired) electrons. The SMILES string of the molecule is CCOC(=O)n1nc(NC(=O)c2ccc(N3CCN(C)CC3)cc2NC2CCOCC2)c2cc(Cc3cc(F)cc(F)c3)ccc21. The van der Waals surface area contributed by atoms with Gasteiger partial charge in [0.1, 0.15) is 11.6 Å². The molecule has 0 bridgehead atoms. The van der Waals surface area contributed by atoms with E-state index in [2.05, 4.69) is 32.6 Å². The van der Waals surface area contributed by atoms with Gasteiger partial charge in [0.05, 0.1) is 17.7 Å². The number of fused-ring (bicyclic) bond motifs is 1. The van der Waals surface area contributed by atoms with Crippen LogP contribution in [0.15, 0.2) is 54.6 Å². The highest BCUT2D eigenvalue weighted by Crippen LogP contribution is 2.30. The Labute approximate surface area is 266 Å². The van der Waals surface area contributed by atoms with Gasteiger partial charge in [-0.05, 0) is 86.8 Å². The van der Waals surface area contributed by atoms with Crippen molar-refractivity contribution in [1.29, 1.82) is 0 Å². The quantitative estimate of drug-likeness (QED) is 0.263. The molecule has 2 aliphatic heterocycles. The van der Waals surface area contributed by atoms with E-state index >= 15 is 0 Å². The monoisotopic (exact) mass is 632 g/mol. The molecule has 1 aromatic heterocycles. The minimum atomic E-state index is -0.689. The van der Waals surface area contributed by atoms with Gasteiger partial charge in [-0.15, -0.1) is 5.10 Å². The average molecular weight is 633 g/mol. The lowest BCUT2D eigenvalue weighted by Crippen LogP contribution is -2.44. The number of hydrogen-bond donors (Lipinski definition) is 2. The van der Waals surface area contributed by atoms with Crippen LogP contribution in [0.1, 0.15) is 41.3 Å². The van der Waals surface area contributed by atoms with Crippen molar-refractivity contribution in [3.05, 3.63) is 82.9 Å². The third kappa shape index (κ3) is 7.13. The Hall–Kier alpha value is -4.55. The van der Waals surface area contributed by atoms with E-state index in [1.807, 2.05) is 18.2 Å². The molecule has 4 aromatic rings. The summed E-state index contributed by atoms with van der Waals surface area (Å²) >= 11 is 0. The van der Waals surface area contributed by atoms with Crippen LogP contribution < -0.4 is 15.5 Å². The lowest BCUT2D eigenvalue weighted by molar-refractivity contribution is 0.0904. The molecular formula is C34H38F2N6O4. The molecule has 242 valence electrons. The Morgan fingerprint density at radius 1 is 0.957 bits per heavy atom. The first-order valence-corrected chi connectivity index (χ1v) is 15.6. The maximum absolute atomic E-state index is 14.0. The number of piperazine rings is 1. The molecule has 2 saturated heterocycles. The fraction of sp³-hybridized carbons (Fsp3) is 0.382. The van der Waals surface area contributed by atoms with Crippen molar-refractivity contribution in [3.63, 3.8) is 0 Å². The normalized spacial score (nSPS) is 16.0. The van der Waals surface area contributed by atoms with Gasteiger partial charge in [-0.3, -0.25) is 4.79 Å². The summed E-state index contributed by atoms with van der Waals surface area (Å²) in [5, 5.41) is 11.4. The number of benzene rings is 3. The minimum absolute atomic E-state index is 0.145. The summed E-state index contributed by atoms with van der Waals surface area (Å²) < 4.78 is 39.6. The number of likely N-dealkylation sites (N-methyl/N-ethyl adjacent to an activating group) is 1. The number of aromatic nitrogens is 2. The second-order valence-electron chi connectivity index (χ2n) is 11.8. The Morgan fingerprint density at radius 2 is 1.70 bits per heavy atom. The van der Waals surface area contributed by atoms with E-state index < -0.39 is 23.6 Å². The lowest BCUT2D eigenvalue weighted by Gasteiger charge is -2.34. The standard InChI is InChI=1S/C34H38F2N6O4/c1-3-46-34(44)42-31-7-4-22(16-23-17-24(35)20-25(36)18-23)19-29(31)32(39-42)38-33(43)28-6-5-27(41-12-10-40(2)11-13-41)21-30(28)37-26-8-14-45-15-9-26/h4-7,17-21,26,37H,3,8-16H2,1-2H3,(H,38,39,43). The lowest BCUT2D eigenvalue weighted by atomic mass is 10.0. The predicted octanol–water partition coefficient (Wildman–Crippen LogP) is 5.50. The molecule has 10 nitrogen and oxygen atoms in total. The van der Waals surface area contributed by atoms with Crippen molar-refractivity contribution >= 4 is 40.1 Å². The summed E-state index contributed by atoms with van der Waals surface area (Å²) in [6.45, 7) is 6.83. The third-order valence-corrected chi connectivity index (χ3v) is 8.44. The largest absolute Gasteiger partial charge is 0.448 e. The molecule has 0 spiro atoms. The van der Waals surface area contributed by atoms with Crippen molar-refractivity contribution in [2.75, 3.05) is 68.6 Å². The van der Waals surface area contributed by atoms with Crippen molar-refractivity contribution in [1.82, 2.24) is 14.7 Å². The highest BCUT2D eigenvalue weighted by molar-refractivity contribution is 6.11. The number of carbonyl (C=O) groups excluding carboxylic acids is 2. The van der Waals surface area contributed by atoms with Crippen LogP contribution in [0.5, 0.6) is 0 Å². The van der Waals surface area contributed by atoms with Crippen LogP contribution in [0.25, 0.3) is 10.9 Å². The number of rotatable bonds is 8. The summed E-state index contributed by atoms with van der Waals surface area (Å²) in [7, 11) is 2.11. The Morgan fingerprint density at radius 3 is 2.41 bits per heavy atom. The number of nitrogens with one attached hydrogen (secondary N) is 2. The molecule has 2 N–H and O–H groups in total. The summed E-state index contributed by atoms with van der Waals surface area (Å²) in [5.74, 6) is -1.56. The van der Waals surface area contributed by atoms with Crippen LogP contribution in [-0.2, 0) is 15.9 Å². The molecule has 0 unspecified atom stereocenters. The van der Waals surface area contributed by atoms with Crippen molar-refractivity contribution in [3.8, 4) is 0 Å². The van der Waals surface area contributed by atoms with Gasteiger partial charge >= 0.3 is 6.09 Å². The van der Waals surface area contributed by atoms with Gasteiger partial charge in [0.25, 0.3) is 5.91 Å². The van der Waals surface area contributed by atoms with Crippen molar-refractivity contribution in [2.24, 2.45) is 0 Å². The molecule has 1 amide bonds.